The van der Waals surface area contributed by atoms with Gasteiger partial charge in [-0.25, -0.2) is 18.7 Å². The molecule has 0 amide bonds. The number of methoxy groups -OCH3 is 1. The molecule has 0 aliphatic heterocycles. The molecule has 0 N–H and O–H groups in total. The van der Waals surface area contributed by atoms with Gasteiger partial charge in [-0.2, -0.15) is 0 Å². The van der Waals surface area contributed by atoms with E-state index in [-0.39, 0.29) is 17.7 Å². The Labute approximate surface area is 215 Å². The number of hydrogen-bond donors (Lipinski definition) is 0. The number of fused-ring (bicyclic) bond motifs is 1. The Morgan fingerprint density at radius 3 is 2.47 bits per heavy atom. The Morgan fingerprint density at radius 2 is 1.74 bits per heavy atom. The average Bonchev–Trinajstić information content (AvgIpc) is 2.91. The molecule has 0 aliphatic rings. The molecule has 0 atom stereocenters. The van der Waals surface area contributed by atoms with E-state index in [1.54, 1.807) is 19.1 Å². The van der Waals surface area contributed by atoms with E-state index in [0.717, 1.165) is 0 Å². The molecule has 0 bridgehead atoms. The minimum absolute atomic E-state index is 0.0676. The second-order valence-corrected chi connectivity index (χ2v) is 8.35. The summed E-state index contributed by atoms with van der Waals surface area (Å²) in [6.07, 6.45) is 3.98. The van der Waals surface area contributed by atoms with Gasteiger partial charge in [0.1, 0.15) is 28.5 Å². The fraction of sp³-hybridized carbons (Fsp3) is 0.107. The van der Waals surface area contributed by atoms with Crippen LogP contribution in [0.1, 0.15) is 21.7 Å². The fourth-order valence-corrected chi connectivity index (χ4v) is 3.94. The molecule has 0 aliphatic carbocycles. The van der Waals surface area contributed by atoms with Gasteiger partial charge in [0.25, 0.3) is 5.56 Å². The van der Waals surface area contributed by atoms with Crippen LogP contribution in [-0.4, -0.2) is 32.4 Å². The van der Waals surface area contributed by atoms with E-state index in [9.17, 15) is 18.4 Å². The molecule has 3 aromatic heterocycles. The molecule has 0 radical (unpaired) electrons. The Kier molecular flexibility index (Phi) is 6.61. The number of rotatable bonds is 7. The first kappa shape index (κ1) is 24.7. The van der Waals surface area contributed by atoms with Crippen LogP contribution in [0.15, 0.2) is 78.0 Å². The molecule has 0 fully saturated rings. The van der Waals surface area contributed by atoms with Crippen molar-refractivity contribution in [3.05, 3.63) is 112 Å². The molecule has 8 nitrogen and oxygen atoms in total. The quantitative estimate of drug-likeness (QED) is 0.282. The largest absolute Gasteiger partial charge is 0.495 e. The van der Waals surface area contributed by atoms with Gasteiger partial charge >= 0.3 is 0 Å². The highest BCUT2D eigenvalue weighted by Crippen LogP contribution is 2.31. The van der Waals surface area contributed by atoms with Gasteiger partial charge in [-0.15, -0.1) is 0 Å². The lowest BCUT2D eigenvalue weighted by Crippen LogP contribution is -2.28. The van der Waals surface area contributed by atoms with Crippen molar-refractivity contribution in [3.8, 4) is 22.9 Å². The highest BCUT2D eigenvalue weighted by atomic mass is 19.1. The summed E-state index contributed by atoms with van der Waals surface area (Å²) in [5.41, 5.74) is 0.906. The van der Waals surface area contributed by atoms with Gasteiger partial charge in [-0.3, -0.25) is 19.1 Å². The summed E-state index contributed by atoms with van der Waals surface area (Å²) in [6, 6.07) is 12.6. The summed E-state index contributed by atoms with van der Waals surface area (Å²) in [7, 11) is 1.52. The Balaban J connectivity index is 1.38. The Bertz CT molecular complexity index is 1740. The number of aryl methyl sites for hydroxylation is 1. The lowest BCUT2D eigenvalue weighted by Gasteiger charge is -2.12. The number of benzene rings is 2. The number of ether oxygens (including phenoxy) is 2. The molecule has 38 heavy (non-hydrogen) atoms. The van der Waals surface area contributed by atoms with E-state index in [2.05, 4.69) is 15.0 Å². The Morgan fingerprint density at radius 1 is 0.947 bits per heavy atom. The smallest absolute Gasteiger partial charge is 0.268 e. The molecule has 5 aromatic rings. The summed E-state index contributed by atoms with van der Waals surface area (Å²) in [4.78, 5) is 38.7. The number of ketones is 1. The number of hydrogen-bond acceptors (Lipinski definition) is 7. The van der Waals surface area contributed by atoms with Crippen LogP contribution in [0.4, 0.5) is 8.78 Å². The standard InChI is InChI=1S/C28H20F2N4O4/c1-16-32-15-21(28(36)34(16)19-6-4-18(29)5-7-19)24(35)12-17-3-8-25(22(30)11-17)38-26-9-10-31-23-13-20(37-2)14-33-27(23)26/h3-11,13-15H,12H2,1-2H3. The summed E-state index contributed by atoms with van der Waals surface area (Å²) >= 11 is 0. The predicted octanol–water partition coefficient (Wildman–Crippen LogP) is 4.99. The highest BCUT2D eigenvalue weighted by Gasteiger charge is 2.18. The third kappa shape index (κ3) is 4.83. The van der Waals surface area contributed by atoms with Crippen LogP contribution in [-0.2, 0) is 6.42 Å². The van der Waals surface area contributed by atoms with E-state index in [0.29, 0.717) is 39.6 Å². The molecule has 0 unspecified atom stereocenters. The van der Waals surface area contributed by atoms with Crippen LogP contribution in [0, 0.1) is 18.6 Å². The minimum Gasteiger partial charge on any atom is -0.495 e. The molecule has 2 aromatic carbocycles. The van der Waals surface area contributed by atoms with Gasteiger partial charge in [-0.1, -0.05) is 6.07 Å². The topological polar surface area (TPSA) is 96.2 Å². The zero-order valence-corrected chi connectivity index (χ0v) is 20.3. The zero-order valence-electron chi connectivity index (χ0n) is 20.3. The van der Waals surface area contributed by atoms with Crippen LogP contribution >= 0.6 is 0 Å². The van der Waals surface area contributed by atoms with Crippen molar-refractivity contribution in [3.63, 3.8) is 0 Å². The minimum atomic E-state index is -0.695. The van der Waals surface area contributed by atoms with E-state index in [1.165, 1.54) is 72.7 Å². The van der Waals surface area contributed by atoms with E-state index < -0.39 is 23.0 Å². The van der Waals surface area contributed by atoms with E-state index >= 15 is 0 Å². The maximum Gasteiger partial charge on any atom is 0.268 e. The highest BCUT2D eigenvalue weighted by molar-refractivity contribution is 5.97. The number of pyridine rings is 2. The first-order valence-electron chi connectivity index (χ1n) is 11.5. The third-order valence-electron chi connectivity index (χ3n) is 5.85. The monoisotopic (exact) mass is 514 g/mol. The molecule has 10 heteroatoms. The summed E-state index contributed by atoms with van der Waals surface area (Å²) < 4.78 is 40.4. The molecule has 0 saturated heterocycles. The third-order valence-corrected chi connectivity index (χ3v) is 5.85. The average molecular weight is 514 g/mol. The number of aromatic nitrogens is 4. The van der Waals surface area contributed by atoms with Crippen LogP contribution in [0.2, 0.25) is 0 Å². The van der Waals surface area contributed by atoms with Crippen molar-refractivity contribution in [2.24, 2.45) is 0 Å². The maximum absolute atomic E-state index is 15.0. The molecule has 190 valence electrons. The Hall–Kier alpha value is -4.99. The van der Waals surface area contributed by atoms with Gasteiger partial charge in [-0.05, 0) is 48.9 Å². The van der Waals surface area contributed by atoms with Gasteiger partial charge in [0.15, 0.2) is 23.1 Å². The van der Waals surface area contributed by atoms with Crippen LogP contribution in [0.5, 0.6) is 17.2 Å². The summed E-state index contributed by atoms with van der Waals surface area (Å²) in [5, 5.41) is 0. The summed E-state index contributed by atoms with van der Waals surface area (Å²) in [6.45, 7) is 1.60. The van der Waals surface area contributed by atoms with Crippen LogP contribution < -0.4 is 15.0 Å². The summed E-state index contributed by atoms with van der Waals surface area (Å²) in [5.74, 6) is -0.598. The van der Waals surface area contributed by atoms with Crippen molar-refractivity contribution in [2.45, 2.75) is 13.3 Å². The van der Waals surface area contributed by atoms with Gasteiger partial charge in [0, 0.05) is 30.9 Å². The zero-order chi connectivity index (χ0) is 26.8. The molecule has 0 spiro atoms. The second kappa shape index (κ2) is 10.2. The van der Waals surface area contributed by atoms with Crippen LogP contribution in [0.25, 0.3) is 16.7 Å². The number of Topliss-reactive ketones (excluding diaryl/α,β-unsaturated/α-hetero) is 1. The van der Waals surface area contributed by atoms with Crippen LogP contribution in [0.3, 0.4) is 0 Å². The first-order valence-corrected chi connectivity index (χ1v) is 11.5. The SMILES string of the molecule is COc1cnc2c(Oc3ccc(CC(=O)c4cnc(C)n(-c5ccc(F)cc5)c4=O)cc3F)ccnc2c1. The van der Waals surface area contributed by atoms with E-state index in [1.807, 2.05) is 0 Å². The molecule has 3 heterocycles. The maximum atomic E-state index is 15.0. The second-order valence-electron chi connectivity index (χ2n) is 8.35. The number of nitrogens with zero attached hydrogens (tertiary/aromatic N) is 4. The molecular weight excluding hydrogens is 494 g/mol. The number of carbonyl (C=O) groups is 1. The van der Waals surface area contributed by atoms with Crippen molar-refractivity contribution >= 4 is 16.8 Å². The lowest BCUT2D eigenvalue weighted by molar-refractivity contribution is 0.0990. The predicted molar refractivity (Wildman–Crippen MR) is 135 cm³/mol. The van der Waals surface area contributed by atoms with Gasteiger partial charge < -0.3 is 9.47 Å². The van der Waals surface area contributed by atoms with Crippen molar-refractivity contribution in [1.82, 2.24) is 19.5 Å². The normalized spacial score (nSPS) is 10.9. The number of halogens is 2. The van der Waals surface area contributed by atoms with E-state index in [4.69, 9.17) is 9.47 Å². The fourth-order valence-electron chi connectivity index (χ4n) is 3.94. The molecular formula is C28H20F2N4O4. The lowest BCUT2D eigenvalue weighted by atomic mass is 10.0. The number of carbonyl (C=O) groups excluding carboxylic acids is 1. The van der Waals surface area contributed by atoms with Crippen molar-refractivity contribution in [2.75, 3.05) is 7.11 Å². The first-order chi connectivity index (χ1) is 18.3. The molecule has 5 rings (SSSR count). The van der Waals surface area contributed by atoms with Gasteiger partial charge in [0.2, 0.25) is 0 Å². The molecule has 0 saturated carbocycles. The van der Waals surface area contributed by atoms with Gasteiger partial charge in [0.05, 0.1) is 24.5 Å². The van der Waals surface area contributed by atoms with Crippen molar-refractivity contribution in [1.29, 1.82) is 0 Å². The van der Waals surface area contributed by atoms with Crippen molar-refractivity contribution < 1.29 is 23.0 Å².